The number of hydrogen-bond acceptors (Lipinski definition) is 4. The highest BCUT2D eigenvalue weighted by molar-refractivity contribution is 7.39. The van der Waals surface area contributed by atoms with Gasteiger partial charge in [-0.05, 0) is 24.5 Å². The van der Waals surface area contributed by atoms with Crippen LogP contribution in [0, 0.1) is 0 Å². The molecule has 1 aromatic rings. The van der Waals surface area contributed by atoms with Crippen molar-refractivity contribution in [3.05, 3.63) is 35.4 Å². The van der Waals surface area contributed by atoms with E-state index in [1.807, 2.05) is 12.1 Å². The van der Waals surface area contributed by atoms with E-state index < -0.39 is 14.0 Å². The summed E-state index contributed by atoms with van der Waals surface area (Å²) in [6.45, 7) is 2.99. The zero-order valence-electron chi connectivity index (χ0n) is 13.9. The van der Waals surface area contributed by atoms with E-state index in [9.17, 15) is 19.4 Å². The third-order valence-electron chi connectivity index (χ3n) is 4.47. The zero-order valence-corrected chi connectivity index (χ0v) is 14.9. The Bertz CT molecular complexity index is 572. The Kier molecular flexibility index (Phi) is 7.43. The summed E-state index contributed by atoms with van der Waals surface area (Å²) in [5, 5.41) is 12.6. The van der Waals surface area contributed by atoms with Crippen molar-refractivity contribution in [2.75, 3.05) is 13.2 Å². The van der Waals surface area contributed by atoms with Crippen LogP contribution >= 0.6 is 8.03 Å². The van der Waals surface area contributed by atoms with E-state index >= 15 is 0 Å². The minimum Gasteiger partial charge on any atom is -0.478 e. The number of ether oxygens (including phenoxy) is 1. The van der Waals surface area contributed by atoms with Gasteiger partial charge in [0.1, 0.15) is 0 Å². The predicted molar refractivity (Wildman–Crippen MR) is 93.2 cm³/mol. The lowest BCUT2D eigenvalue weighted by Gasteiger charge is -2.34. The summed E-state index contributed by atoms with van der Waals surface area (Å²) in [5.74, 6) is -0.932. The average Bonchev–Trinajstić information content (AvgIpc) is 2.56. The number of aromatic carboxylic acids is 1. The fourth-order valence-electron chi connectivity index (χ4n) is 3.09. The number of benzene rings is 1. The summed E-state index contributed by atoms with van der Waals surface area (Å²) in [6, 6.07) is 6.96. The van der Waals surface area contributed by atoms with Gasteiger partial charge >= 0.3 is 5.97 Å². The second-order valence-electron chi connectivity index (χ2n) is 6.23. The molecule has 0 aromatic heterocycles. The van der Waals surface area contributed by atoms with E-state index in [0.717, 1.165) is 18.4 Å². The van der Waals surface area contributed by atoms with Crippen molar-refractivity contribution in [1.82, 2.24) is 5.32 Å². The molecule has 1 heterocycles. The molecule has 1 saturated heterocycles. The molecule has 4 atom stereocenters. The molecule has 1 aliphatic heterocycles. The van der Waals surface area contributed by atoms with E-state index in [1.54, 1.807) is 12.1 Å². The van der Waals surface area contributed by atoms with Gasteiger partial charge in [-0.3, -0.25) is 4.57 Å². The van der Waals surface area contributed by atoms with Crippen molar-refractivity contribution in [2.24, 2.45) is 0 Å². The zero-order chi connectivity index (χ0) is 17.5. The molecule has 2 rings (SSSR count). The first-order chi connectivity index (χ1) is 11.5. The SMILES string of the molecule is CCCCC([C@H]1CN[C@H](Cc2ccccc2C(=O)O)CO1)[PH](=O)O. The van der Waals surface area contributed by atoms with Crippen LogP contribution in [0.2, 0.25) is 0 Å². The molecule has 1 aliphatic rings. The maximum Gasteiger partial charge on any atom is 0.335 e. The molecule has 7 heteroatoms. The summed E-state index contributed by atoms with van der Waals surface area (Å²) >= 11 is 0. The fraction of sp³-hybridized carbons (Fsp3) is 0.588. The maximum absolute atomic E-state index is 11.6. The molecule has 0 amide bonds. The lowest BCUT2D eigenvalue weighted by molar-refractivity contribution is -0.000110. The smallest absolute Gasteiger partial charge is 0.335 e. The second kappa shape index (κ2) is 9.33. The Labute approximate surface area is 143 Å². The number of hydrogen-bond donors (Lipinski definition) is 3. The first-order valence-electron chi connectivity index (χ1n) is 8.42. The number of carbonyl (C=O) groups is 1. The molecular weight excluding hydrogens is 329 g/mol. The van der Waals surface area contributed by atoms with E-state index in [1.165, 1.54) is 0 Å². The second-order valence-corrected chi connectivity index (χ2v) is 7.65. The highest BCUT2D eigenvalue weighted by Crippen LogP contribution is 2.32. The summed E-state index contributed by atoms with van der Waals surface area (Å²) in [4.78, 5) is 20.8. The van der Waals surface area contributed by atoms with E-state index in [4.69, 9.17) is 4.74 Å². The molecule has 1 fully saturated rings. The molecule has 1 aromatic carbocycles. The van der Waals surface area contributed by atoms with Crippen molar-refractivity contribution in [3.8, 4) is 0 Å². The van der Waals surface area contributed by atoms with Gasteiger partial charge in [0.25, 0.3) is 0 Å². The highest BCUT2D eigenvalue weighted by Gasteiger charge is 2.31. The van der Waals surface area contributed by atoms with E-state index in [0.29, 0.717) is 31.6 Å². The monoisotopic (exact) mass is 355 g/mol. The van der Waals surface area contributed by atoms with Crippen LogP contribution in [0.3, 0.4) is 0 Å². The van der Waals surface area contributed by atoms with Crippen LogP contribution in [0.5, 0.6) is 0 Å². The number of unbranched alkanes of at least 4 members (excludes halogenated alkanes) is 1. The van der Waals surface area contributed by atoms with E-state index in [-0.39, 0.29) is 17.8 Å². The molecule has 0 aliphatic carbocycles. The number of carboxylic acids is 1. The number of nitrogens with one attached hydrogen (secondary N) is 1. The third kappa shape index (κ3) is 5.15. The molecule has 0 bridgehead atoms. The summed E-state index contributed by atoms with van der Waals surface area (Å²) in [7, 11) is -2.63. The Balaban J connectivity index is 1.93. The van der Waals surface area contributed by atoms with Gasteiger partial charge < -0.3 is 20.1 Å². The van der Waals surface area contributed by atoms with Gasteiger partial charge in [-0.15, -0.1) is 0 Å². The summed E-state index contributed by atoms with van der Waals surface area (Å²) in [5.41, 5.74) is 0.764. The van der Waals surface area contributed by atoms with Crippen molar-refractivity contribution in [3.63, 3.8) is 0 Å². The van der Waals surface area contributed by atoms with Crippen LogP contribution < -0.4 is 5.32 Å². The number of carboxylic acid groups (broad SMARTS) is 1. The molecule has 6 nitrogen and oxygen atoms in total. The van der Waals surface area contributed by atoms with Gasteiger partial charge in [0.15, 0.2) is 8.03 Å². The lowest BCUT2D eigenvalue weighted by Crippen LogP contribution is -2.50. The molecule has 0 saturated carbocycles. The van der Waals surface area contributed by atoms with Gasteiger partial charge in [0.2, 0.25) is 0 Å². The average molecular weight is 355 g/mol. The summed E-state index contributed by atoms with van der Waals surface area (Å²) < 4.78 is 17.4. The number of rotatable bonds is 8. The highest BCUT2D eigenvalue weighted by atomic mass is 31.1. The quantitative estimate of drug-likeness (QED) is 0.620. The third-order valence-corrected chi connectivity index (χ3v) is 5.76. The largest absolute Gasteiger partial charge is 0.478 e. The standard InChI is InChI=1S/C17H26NO5P/c1-2-3-8-16(24(21)22)15-10-18-13(11-23-15)9-12-6-4-5-7-14(12)17(19)20/h4-7,13,15-16,18,24H,2-3,8-11H2,1H3,(H,19,20)(H,21,22)/t13-,15-,16?/m1/s1. The van der Waals surface area contributed by atoms with Crippen molar-refractivity contribution in [2.45, 2.75) is 50.4 Å². The molecular formula is C17H26NO5P. The predicted octanol–water partition coefficient (Wildman–Crippen LogP) is 2.31. The lowest BCUT2D eigenvalue weighted by atomic mass is 9.99. The van der Waals surface area contributed by atoms with Gasteiger partial charge in [0.05, 0.1) is 23.9 Å². The Morgan fingerprint density at radius 2 is 2.21 bits per heavy atom. The number of morpholine rings is 1. The van der Waals surface area contributed by atoms with Crippen LogP contribution in [0.1, 0.15) is 42.1 Å². The Morgan fingerprint density at radius 1 is 1.46 bits per heavy atom. The van der Waals surface area contributed by atoms with Crippen molar-refractivity contribution >= 4 is 14.0 Å². The normalized spacial score (nSPS) is 23.6. The molecule has 24 heavy (non-hydrogen) atoms. The van der Waals surface area contributed by atoms with Gasteiger partial charge in [-0.25, -0.2) is 4.79 Å². The molecule has 0 radical (unpaired) electrons. The van der Waals surface area contributed by atoms with E-state index in [2.05, 4.69) is 12.2 Å². The van der Waals surface area contributed by atoms with Crippen LogP contribution in [-0.4, -0.2) is 46.9 Å². The van der Waals surface area contributed by atoms with Crippen LogP contribution in [0.25, 0.3) is 0 Å². The molecule has 134 valence electrons. The topological polar surface area (TPSA) is 95.9 Å². The van der Waals surface area contributed by atoms with Crippen LogP contribution in [-0.2, 0) is 15.7 Å². The Morgan fingerprint density at radius 3 is 2.79 bits per heavy atom. The van der Waals surface area contributed by atoms with Crippen LogP contribution in [0.15, 0.2) is 24.3 Å². The van der Waals surface area contributed by atoms with Crippen molar-refractivity contribution in [1.29, 1.82) is 0 Å². The van der Waals surface area contributed by atoms with Crippen LogP contribution in [0.4, 0.5) is 0 Å². The Hall–Kier alpha value is -1.20. The van der Waals surface area contributed by atoms with Gasteiger partial charge in [-0.1, -0.05) is 38.0 Å². The first kappa shape index (κ1) is 19.1. The summed E-state index contributed by atoms with van der Waals surface area (Å²) in [6.07, 6.45) is 2.91. The fourth-order valence-corrected chi connectivity index (χ4v) is 4.08. The van der Waals surface area contributed by atoms with Gasteiger partial charge in [0, 0.05) is 12.6 Å². The minimum atomic E-state index is -2.63. The molecule has 2 unspecified atom stereocenters. The van der Waals surface area contributed by atoms with Gasteiger partial charge in [-0.2, -0.15) is 0 Å². The first-order valence-corrected chi connectivity index (χ1v) is 9.85. The molecule has 3 N–H and O–H groups in total. The van der Waals surface area contributed by atoms with Crippen molar-refractivity contribution < 1.29 is 24.1 Å². The maximum atomic E-state index is 11.6. The minimum absolute atomic E-state index is 0.00888. The molecule has 0 spiro atoms.